The van der Waals surface area contributed by atoms with E-state index in [1.165, 1.54) is 148 Å². The molecule has 0 spiro atoms. The first kappa shape index (κ1) is 63.0. The van der Waals surface area contributed by atoms with E-state index in [9.17, 15) is 19.5 Å². The van der Waals surface area contributed by atoms with Crippen LogP contribution in [0.1, 0.15) is 239 Å². The Balaban J connectivity index is 4.18. The van der Waals surface area contributed by atoms with Gasteiger partial charge < -0.3 is 23.8 Å². The highest BCUT2D eigenvalue weighted by Gasteiger charge is 2.31. The molecule has 2 atom stereocenters. The molecule has 0 rings (SSSR count). The Hall–Kier alpha value is -2.97. The lowest BCUT2D eigenvalue weighted by Crippen LogP contribution is -2.50. The summed E-state index contributed by atoms with van der Waals surface area (Å²) in [6, 6.07) is -0.617. The molecule has 8 nitrogen and oxygen atoms in total. The molecule has 0 aliphatic rings. The molecule has 0 radical (unpaired) electrons. The number of rotatable bonds is 49. The van der Waals surface area contributed by atoms with Gasteiger partial charge in [-0.1, -0.05) is 209 Å². The number of unbranched alkanes of at least 4 members (excludes halogenated alkanes) is 26. The number of carboxylic acids is 1. The van der Waals surface area contributed by atoms with Gasteiger partial charge in [0.05, 0.1) is 34.4 Å². The molecule has 8 heteroatoms. The molecule has 0 aromatic carbocycles. The van der Waals surface area contributed by atoms with Crippen molar-refractivity contribution in [3.05, 3.63) is 60.8 Å². The van der Waals surface area contributed by atoms with Crippen molar-refractivity contribution in [1.29, 1.82) is 0 Å². The van der Waals surface area contributed by atoms with Crippen LogP contribution in [0.3, 0.4) is 0 Å². The molecule has 382 valence electrons. The van der Waals surface area contributed by atoms with Crippen LogP contribution in [0.2, 0.25) is 0 Å². The van der Waals surface area contributed by atoms with Crippen LogP contribution in [-0.2, 0) is 28.6 Å². The molecule has 0 aliphatic carbocycles. The smallest absolute Gasteiger partial charge is 0.362 e. The standard InChI is InChI=1S/C58H103NO7/c1-6-8-10-12-14-16-18-20-22-24-26-27-28-29-31-32-34-36-38-40-42-44-46-48-56(60)65-53-54(52-64-51-50-55(58(62)63)59(3,4)5)66-57(61)49-47-45-43-41-39-37-35-33-30-25-23-21-19-17-15-13-11-9-7-2/h8,10,14-17,19-22,54-55H,6-7,9,11-13,18,23-53H2,1-5H3/p+1/b10-8+,16-14+,17-15+,21-19+,22-20+. The van der Waals surface area contributed by atoms with E-state index in [1.54, 1.807) is 0 Å². The van der Waals surface area contributed by atoms with E-state index in [2.05, 4.69) is 74.6 Å². The predicted molar refractivity (Wildman–Crippen MR) is 280 cm³/mol. The number of allylic oxidation sites excluding steroid dienone is 10. The van der Waals surface area contributed by atoms with Crippen LogP contribution in [0.15, 0.2) is 60.8 Å². The quantitative estimate of drug-likeness (QED) is 0.0213. The summed E-state index contributed by atoms with van der Waals surface area (Å²) in [4.78, 5) is 37.2. The highest BCUT2D eigenvalue weighted by molar-refractivity contribution is 5.72. The molecular weight excluding hydrogens is 823 g/mol. The van der Waals surface area contributed by atoms with Gasteiger partial charge in [-0.3, -0.25) is 9.59 Å². The van der Waals surface area contributed by atoms with Gasteiger partial charge in [-0.05, 0) is 70.6 Å². The molecule has 1 N–H and O–H groups in total. The van der Waals surface area contributed by atoms with Crippen molar-refractivity contribution in [2.75, 3.05) is 41.0 Å². The zero-order valence-electron chi connectivity index (χ0n) is 43.6. The van der Waals surface area contributed by atoms with Crippen LogP contribution in [0, 0.1) is 0 Å². The average Bonchev–Trinajstić information content (AvgIpc) is 3.28. The van der Waals surface area contributed by atoms with Gasteiger partial charge in [-0.2, -0.15) is 0 Å². The summed E-state index contributed by atoms with van der Waals surface area (Å²) in [7, 11) is 5.54. The molecule has 0 heterocycles. The van der Waals surface area contributed by atoms with Crippen LogP contribution in [0.4, 0.5) is 0 Å². The SMILES string of the molecule is CC/C=C/C/C=C/C/C=C/CCCCCCCCCCCCCCCC(=O)OCC(COCCC(C(=O)O)[N+](C)(C)C)OC(=O)CCCCCCCCCCCC/C=C/C=C/CCCCC. The highest BCUT2D eigenvalue weighted by Crippen LogP contribution is 2.16. The van der Waals surface area contributed by atoms with Gasteiger partial charge in [0, 0.05) is 19.3 Å². The Kier molecular flexibility index (Phi) is 46.3. The maximum atomic E-state index is 12.8. The number of hydrogen-bond donors (Lipinski definition) is 1. The van der Waals surface area contributed by atoms with Crippen LogP contribution < -0.4 is 0 Å². The minimum atomic E-state index is -0.875. The third-order valence-corrected chi connectivity index (χ3v) is 12.2. The van der Waals surface area contributed by atoms with Gasteiger partial charge >= 0.3 is 17.9 Å². The molecule has 0 fully saturated rings. The van der Waals surface area contributed by atoms with Crippen LogP contribution in [-0.4, -0.2) is 80.6 Å². The van der Waals surface area contributed by atoms with Gasteiger partial charge in [0.15, 0.2) is 12.1 Å². The normalized spacial score (nSPS) is 13.3. The Morgan fingerprint density at radius 3 is 1.35 bits per heavy atom. The van der Waals surface area contributed by atoms with E-state index in [0.717, 1.165) is 57.8 Å². The van der Waals surface area contributed by atoms with E-state index in [1.807, 2.05) is 21.1 Å². The minimum absolute atomic E-state index is 0.0529. The first-order valence-electron chi connectivity index (χ1n) is 27.3. The summed E-state index contributed by atoms with van der Waals surface area (Å²) in [6.07, 6.45) is 61.3. The first-order chi connectivity index (χ1) is 32.1. The summed E-state index contributed by atoms with van der Waals surface area (Å²) in [5.41, 5.74) is 0. The fourth-order valence-electron chi connectivity index (χ4n) is 7.98. The van der Waals surface area contributed by atoms with Gasteiger partial charge in [0.25, 0.3) is 0 Å². The molecule has 0 saturated carbocycles. The Morgan fingerprint density at radius 1 is 0.485 bits per heavy atom. The highest BCUT2D eigenvalue weighted by atomic mass is 16.6. The second-order valence-corrected chi connectivity index (χ2v) is 19.5. The van der Waals surface area contributed by atoms with Crippen LogP contribution >= 0.6 is 0 Å². The van der Waals surface area contributed by atoms with E-state index in [0.29, 0.717) is 19.3 Å². The molecule has 0 aliphatic heterocycles. The van der Waals surface area contributed by atoms with Crippen molar-refractivity contribution in [1.82, 2.24) is 0 Å². The third-order valence-electron chi connectivity index (χ3n) is 12.2. The molecule has 66 heavy (non-hydrogen) atoms. The third kappa shape index (κ3) is 46.2. The summed E-state index contributed by atoms with van der Waals surface area (Å²) in [5, 5.41) is 9.67. The first-order valence-corrected chi connectivity index (χ1v) is 27.3. The zero-order valence-corrected chi connectivity index (χ0v) is 43.6. The maximum absolute atomic E-state index is 12.8. The second-order valence-electron chi connectivity index (χ2n) is 19.5. The Morgan fingerprint density at radius 2 is 0.894 bits per heavy atom. The van der Waals surface area contributed by atoms with Crippen LogP contribution in [0.5, 0.6) is 0 Å². The van der Waals surface area contributed by atoms with Crippen molar-refractivity contribution in [3.8, 4) is 0 Å². The average molecular weight is 927 g/mol. The number of carbonyl (C=O) groups excluding carboxylic acids is 2. The number of quaternary nitrogens is 1. The summed E-state index contributed by atoms with van der Waals surface area (Å²) >= 11 is 0. The predicted octanol–water partition coefficient (Wildman–Crippen LogP) is 16.1. The number of aliphatic carboxylic acids is 1. The minimum Gasteiger partial charge on any atom is -0.477 e. The van der Waals surface area contributed by atoms with Crippen molar-refractivity contribution in [2.45, 2.75) is 251 Å². The fraction of sp³-hybridized carbons (Fsp3) is 0.776. The number of ether oxygens (including phenoxy) is 3. The molecule has 0 aromatic heterocycles. The van der Waals surface area contributed by atoms with Crippen LogP contribution in [0.25, 0.3) is 0 Å². The molecule has 0 aromatic rings. The van der Waals surface area contributed by atoms with Gasteiger partial charge in [0.2, 0.25) is 0 Å². The van der Waals surface area contributed by atoms with Crippen molar-refractivity contribution in [2.24, 2.45) is 0 Å². The van der Waals surface area contributed by atoms with E-state index >= 15 is 0 Å². The second kappa shape index (κ2) is 48.5. The number of hydrogen-bond acceptors (Lipinski definition) is 6. The van der Waals surface area contributed by atoms with Gasteiger partial charge in [-0.15, -0.1) is 0 Å². The lowest BCUT2D eigenvalue weighted by Gasteiger charge is -2.31. The lowest BCUT2D eigenvalue weighted by molar-refractivity contribution is -0.887. The lowest BCUT2D eigenvalue weighted by atomic mass is 10.0. The molecule has 0 bridgehead atoms. The fourth-order valence-corrected chi connectivity index (χ4v) is 7.98. The molecule has 0 saturated heterocycles. The van der Waals surface area contributed by atoms with Crippen molar-refractivity contribution >= 4 is 17.9 Å². The topological polar surface area (TPSA) is 99.1 Å². The Labute approximate surface area is 407 Å². The number of esters is 2. The summed E-state index contributed by atoms with van der Waals surface area (Å²) in [5.74, 6) is -1.46. The number of likely N-dealkylation sites (N-methyl/N-ethyl adjacent to an activating group) is 1. The monoisotopic (exact) mass is 927 g/mol. The number of nitrogens with zero attached hydrogens (tertiary/aromatic N) is 1. The molecule has 0 amide bonds. The molecule has 2 unspecified atom stereocenters. The number of carboxylic acid groups (broad SMARTS) is 1. The van der Waals surface area contributed by atoms with Crippen molar-refractivity contribution < 1.29 is 38.2 Å². The van der Waals surface area contributed by atoms with E-state index in [4.69, 9.17) is 14.2 Å². The van der Waals surface area contributed by atoms with E-state index in [-0.39, 0.29) is 36.2 Å². The molecular formula is C58H104NO7+. The summed E-state index contributed by atoms with van der Waals surface area (Å²) < 4.78 is 17.4. The van der Waals surface area contributed by atoms with Crippen molar-refractivity contribution in [3.63, 3.8) is 0 Å². The summed E-state index contributed by atoms with van der Waals surface area (Å²) in [6.45, 7) is 4.62. The zero-order chi connectivity index (χ0) is 48.4. The maximum Gasteiger partial charge on any atom is 0.362 e. The Bertz CT molecular complexity index is 1260. The largest absolute Gasteiger partial charge is 0.477 e. The number of carbonyl (C=O) groups is 3. The van der Waals surface area contributed by atoms with Gasteiger partial charge in [-0.25, -0.2) is 4.79 Å². The van der Waals surface area contributed by atoms with Gasteiger partial charge in [0.1, 0.15) is 6.61 Å². The van der Waals surface area contributed by atoms with E-state index < -0.39 is 18.1 Å².